The van der Waals surface area contributed by atoms with Crippen LogP contribution in [0.25, 0.3) is 0 Å². The number of amides is 4. The van der Waals surface area contributed by atoms with Gasteiger partial charge in [0.05, 0.1) is 41.0 Å². The number of halogens is 2. The molecule has 45 heavy (non-hydrogen) atoms. The fourth-order valence-corrected chi connectivity index (χ4v) is 5.55. The average molecular weight is 655 g/mol. The van der Waals surface area contributed by atoms with Crippen molar-refractivity contribution in [3.05, 3.63) is 87.9 Å². The number of nitrogens with one attached hydrogen (secondary N) is 2. The molecule has 0 bridgehead atoms. The van der Waals surface area contributed by atoms with E-state index in [2.05, 4.69) is 10.6 Å². The van der Waals surface area contributed by atoms with Crippen LogP contribution in [0.5, 0.6) is 5.75 Å². The lowest BCUT2D eigenvalue weighted by atomic mass is 10.1. The number of carbonyl (C=O) groups excluding carboxylic acids is 5. The Kier molecular flexibility index (Phi) is 9.28. The molecule has 5 rings (SSSR count). The van der Waals surface area contributed by atoms with Crippen LogP contribution in [0.15, 0.2) is 66.7 Å². The van der Waals surface area contributed by atoms with Gasteiger partial charge in [-0.1, -0.05) is 65.7 Å². The molecule has 2 aliphatic rings. The Balaban J connectivity index is 1.42. The van der Waals surface area contributed by atoms with Crippen molar-refractivity contribution in [2.75, 3.05) is 29.5 Å². The lowest BCUT2D eigenvalue weighted by Crippen LogP contribution is -2.57. The van der Waals surface area contributed by atoms with Gasteiger partial charge in [0.25, 0.3) is 11.8 Å². The van der Waals surface area contributed by atoms with Crippen LogP contribution in [0.2, 0.25) is 10.0 Å². The number of esters is 1. The SMILES string of the molecule is CC(=O)N1C[C@H](NC(=O)c2cc(Cl)c(O)c(Cl)c2)C(=O)N(CC(=O)N[C@@]2(OCc3ccccc3)COC(=O)C2)c2ccccc21. The molecule has 0 spiro atoms. The third-order valence-corrected chi connectivity index (χ3v) is 7.86. The molecule has 2 aliphatic heterocycles. The Labute approximate surface area is 267 Å². The molecule has 2 atom stereocenters. The Morgan fingerprint density at radius 2 is 1.67 bits per heavy atom. The molecule has 3 N–H and O–H groups in total. The second kappa shape index (κ2) is 13.1. The maximum Gasteiger partial charge on any atom is 0.311 e. The number of anilines is 2. The monoisotopic (exact) mass is 654 g/mol. The molecule has 0 radical (unpaired) electrons. The molecule has 12 nitrogen and oxygen atoms in total. The summed E-state index contributed by atoms with van der Waals surface area (Å²) in [6, 6.07) is 16.7. The summed E-state index contributed by atoms with van der Waals surface area (Å²) in [5, 5.41) is 14.9. The number of para-hydroxylation sites is 2. The van der Waals surface area contributed by atoms with E-state index in [-0.39, 0.29) is 47.5 Å². The third kappa shape index (κ3) is 7.03. The lowest BCUT2D eigenvalue weighted by molar-refractivity contribution is -0.138. The van der Waals surface area contributed by atoms with Crippen LogP contribution in [-0.4, -0.2) is 66.2 Å². The van der Waals surface area contributed by atoms with Gasteiger partial charge in [0.1, 0.15) is 19.2 Å². The van der Waals surface area contributed by atoms with E-state index in [1.807, 2.05) is 30.3 Å². The van der Waals surface area contributed by atoms with Crippen LogP contribution in [0.3, 0.4) is 0 Å². The Morgan fingerprint density at radius 3 is 2.29 bits per heavy atom. The van der Waals surface area contributed by atoms with E-state index in [1.165, 1.54) is 24.0 Å². The summed E-state index contributed by atoms with van der Waals surface area (Å²) >= 11 is 12.0. The van der Waals surface area contributed by atoms with Crippen molar-refractivity contribution in [3.63, 3.8) is 0 Å². The third-order valence-electron chi connectivity index (χ3n) is 7.28. The van der Waals surface area contributed by atoms with Crippen molar-refractivity contribution in [3.8, 4) is 5.75 Å². The maximum atomic E-state index is 14.0. The summed E-state index contributed by atoms with van der Waals surface area (Å²) in [6.07, 6.45) is -0.245. The molecule has 234 valence electrons. The zero-order valence-electron chi connectivity index (χ0n) is 23.9. The van der Waals surface area contributed by atoms with Crippen LogP contribution in [0.1, 0.15) is 29.3 Å². The van der Waals surface area contributed by atoms with E-state index in [0.29, 0.717) is 5.69 Å². The van der Waals surface area contributed by atoms with Gasteiger partial charge in [-0.25, -0.2) is 0 Å². The summed E-state index contributed by atoms with van der Waals surface area (Å²) < 4.78 is 11.1. The molecule has 4 amide bonds. The predicted octanol–water partition coefficient (Wildman–Crippen LogP) is 3.17. The molecule has 1 saturated heterocycles. The first-order chi connectivity index (χ1) is 21.5. The normalized spacial score (nSPS) is 19.4. The number of phenolic OH excluding ortho intramolecular Hbond substituents is 1. The van der Waals surface area contributed by atoms with Gasteiger partial charge in [-0.05, 0) is 29.8 Å². The fourth-order valence-electron chi connectivity index (χ4n) is 5.07. The fraction of sp³-hybridized carbons (Fsp3) is 0.258. The summed E-state index contributed by atoms with van der Waals surface area (Å²) in [5.41, 5.74) is -0.124. The highest BCUT2D eigenvalue weighted by Crippen LogP contribution is 2.35. The number of phenols is 1. The molecule has 3 aromatic rings. The van der Waals surface area contributed by atoms with Gasteiger partial charge in [0, 0.05) is 12.5 Å². The highest BCUT2D eigenvalue weighted by atomic mass is 35.5. The van der Waals surface area contributed by atoms with Crippen LogP contribution < -0.4 is 20.4 Å². The van der Waals surface area contributed by atoms with Crippen LogP contribution in [0, 0.1) is 0 Å². The number of cyclic esters (lactones) is 1. The van der Waals surface area contributed by atoms with Gasteiger partial charge >= 0.3 is 5.97 Å². The van der Waals surface area contributed by atoms with Gasteiger partial charge in [-0.2, -0.15) is 0 Å². The quantitative estimate of drug-likeness (QED) is 0.247. The first-order valence-electron chi connectivity index (χ1n) is 13.8. The minimum Gasteiger partial charge on any atom is -0.505 e. The molecule has 1 fully saturated rings. The average Bonchev–Trinajstić information content (AvgIpc) is 3.34. The zero-order valence-corrected chi connectivity index (χ0v) is 25.4. The highest BCUT2D eigenvalue weighted by Gasteiger charge is 2.44. The second-order valence-corrected chi connectivity index (χ2v) is 11.3. The van der Waals surface area contributed by atoms with Gasteiger partial charge in [0.15, 0.2) is 11.5 Å². The van der Waals surface area contributed by atoms with Crippen molar-refractivity contribution in [1.82, 2.24) is 10.6 Å². The number of carbonyl (C=O) groups is 5. The van der Waals surface area contributed by atoms with E-state index in [4.69, 9.17) is 32.7 Å². The number of nitrogens with zero attached hydrogens (tertiary/aromatic N) is 2. The number of benzene rings is 3. The van der Waals surface area contributed by atoms with E-state index in [0.717, 1.165) is 10.5 Å². The first kappa shape index (κ1) is 31.8. The van der Waals surface area contributed by atoms with Crippen LogP contribution >= 0.6 is 23.2 Å². The number of aromatic hydroxyl groups is 1. The largest absolute Gasteiger partial charge is 0.505 e. The Hall–Kier alpha value is -4.65. The molecule has 2 heterocycles. The van der Waals surface area contributed by atoms with Crippen molar-refractivity contribution in [2.24, 2.45) is 0 Å². The summed E-state index contributed by atoms with van der Waals surface area (Å²) in [6.45, 7) is 0.364. The minimum atomic E-state index is -1.48. The smallest absolute Gasteiger partial charge is 0.311 e. The number of hydrogen-bond acceptors (Lipinski definition) is 8. The summed E-state index contributed by atoms with van der Waals surface area (Å²) in [4.78, 5) is 68.1. The van der Waals surface area contributed by atoms with Crippen molar-refractivity contribution in [2.45, 2.75) is 31.7 Å². The first-order valence-corrected chi connectivity index (χ1v) is 14.5. The molecule has 0 aliphatic carbocycles. The van der Waals surface area contributed by atoms with Crippen molar-refractivity contribution in [1.29, 1.82) is 0 Å². The highest BCUT2D eigenvalue weighted by molar-refractivity contribution is 6.37. The predicted molar refractivity (Wildman–Crippen MR) is 164 cm³/mol. The van der Waals surface area contributed by atoms with E-state index in [9.17, 15) is 29.1 Å². The number of hydrogen-bond donors (Lipinski definition) is 3. The maximum absolute atomic E-state index is 14.0. The van der Waals surface area contributed by atoms with E-state index < -0.39 is 53.7 Å². The Morgan fingerprint density at radius 1 is 1.02 bits per heavy atom. The van der Waals surface area contributed by atoms with Crippen LogP contribution in [0.4, 0.5) is 11.4 Å². The van der Waals surface area contributed by atoms with Crippen molar-refractivity contribution < 1.29 is 38.6 Å². The number of ether oxygens (including phenoxy) is 2. The molecule has 0 saturated carbocycles. The van der Waals surface area contributed by atoms with Crippen LogP contribution in [-0.2, 0) is 35.3 Å². The van der Waals surface area contributed by atoms with E-state index >= 15 is 0 Å². The van der Waals surface area contributed by atoms with Gasteiger partial charge in [0.2, 0.25) is 11.8 Å². The second-order valence-electron chi connectivity index (χ2n) is 10.5. The van der Waals surface area contributed by atoms with Gasteiger partial charge in [-0.3, -0.25) is 28.9 Å². The Bertz CT molecular complexity index is 1650. The molecule has 14 heteroatoms. The van der Waals surface area contributed by atoms with Gasteiger partial charge < -0.3 is 30.1 Å². The summed E-state index contributed by atoms with van der Waals surface area (Å²) in [7, 11) is 0. The topological polar surface area (TPSA) is 155 Å². The van der Waals surface area contributed by atoms with E-state index in [1.54, 1.807) is 24.3 Å². The molecular formula is C31H28Cl2N4O8. The standard InChI is InChI=1S/C31H28Cl2N4O8/c1-18(38)36-14-23(34-29(42)20-11-21(32)28(41)22(33)12-20)30(43)37(25-10-6-5-9-24(25)36)15-26(39)35-31(13-27(40)44-17-31)45-16-19-7-3-2-4-8-19/h2-12,23,41H,13-17H2,1H3,(H,34,42)(H,35,39)/t23-,31-/m0/s1. The molecular weight excluding hydrogens is 627 g/mol. The molecule has 3 aromatic carbocycles. The molecule has 0 unspecified atom stereocenters. The zero-order chi connectivity index (χ0) is 32.3. The van der Waals surface area contributed by atoms with Gasteiger partial charge in [-0.15, -0.1) is 0 Å². The number of fused-ring (bicyclic) bond motifs is 1. The lowest BCUT2D eigenvalue weighted by Gasteiger charge is -2.30. The minimum absolute atomic E-state index is 0.0422. The van der Waals surface area contributed by atoms with Crippen molar-refractivity contribution >= 4 is 64.2 Å². The summed E-state index contributed by atoms with van der Waals surface area (Å²) in [5.74, 6) is -3.51. The molecule has 0 aromatic heterocycles. The number of rotatable bonds is 8.